The molecule has 106 valence electrons. The molecule has 0 heterocycles. The van der Waals surface area contributed by atoms with Crippen molar-refractivity contribution in [2.24, 2.45) is 17.6 Å². The summed E-state index contributed by atoms with van der Waals surface area (Å²) >= 11 is 0. The number of hydrogen-bond donors (Lipinski definition) is 1. The molecule has 0 bridgehead atoms. The first-order chi connectivity index (χ1) is 9.01. The van der Waals surface area contributed by atoms with Crippen LogP contribution in [-0.2, 0) is 0 Å². The average Bonchev–Trinajstić information content (AvgIpc) is 3.04. The lowest BCUT2D eigenvalue weighted by Gasteiger charge is -2.23. The Kier molecular flexibility index (Phi) is 4.48. The molecule has 0 saturated heterocycles. The van der Waals surface area contributed by atoms with Crippen LogP contribution in [0.1, 0.15) is 30.5 Å². The number of aryl methyl sites for hydroxylation is 1. The third kappa shape index (κ3) is 3.71. The van der Waals surface area contributed by atoms with Crippen LogP contribution in [0.5, 0.6) is 5.75 Å². The molecule has 0 aliphatic heterocycles. The van der Waals surface area contributed by atoms with Crippen molar-refractivity contribution in [3.8, 4) is 5.75 Å². The second kappa shape index (κ2) is 5.93. The van der Waals surface area contributed by atoms with Crippen LogP contribution >= 0.6 is 0 Å². The molecular weight excluding hydrogens is 236 g/mol. The zero-order valence-electron chi connectivity index (χ0n) is 12.5. The second-order valence-corrected chi connectivity index (χ2v) is 6.05. The van der Waals surface area contributed by atoms with Crippen LogP contribution in [0.4, 0.5) is 0 Å². The highest BCUT2D eigenvalue weighted by atomic mass is 16.5. The molecule has 2 rings (SSSR count). The predicted octanol–water partition coefficient (Wildman–Crippen LogP) is 2.59. The molecule has 1 aliphatic carbocycles. The van der Waals surface area contributed by atoms with Gasteiger partial charge in [0.2, 0.25) is 0 Å². The van der Waals surface area contributed by atoms with E-state index >= 15 is 0 Å². The smallest absolute Gasteiger partial charge is 0.123 e. The monoisotopic (exact) mass is 262 g/mol. The summed E-state index contributed by atoms with van der Waals surface area (Å²) < 4.78 is 5.42. The summed E-state index contributed by atoms with van der Waals surface area (Å²) in [5.74, 6) is 2.66. The molecular formula is C16H26N2O. The quantitative estimate of drug-likeness (QED) is 0.856. The minimum Gasteiger partial charge on any atom is -0.496 e. The lowest BCUT2D eigenvalue weighted by atomic mass is 10.0. The Bertz CT molecular complexity index is 433. The van der Waals surface area contributed by atoms with Gasteiger partial charge >= 0.3 is 0 Å². The molecule has 3 nitrogen and oxygen atoms in total. The van der Waals surface area contributed by atoms with E-state index in [0.29, 0.717) is 0 Å². The van der Waals surface area contributed by atoms with Gasteiger partial charge in [-0.1, -0.05) is 24.6 Å². The number of likely N-dealkylation sites (N-methyl/N-ethyl adjacent to an activating group) is 1. The highest BCUT2D eigenvalue weighted by molar-refractivity contribution is 5.39. The lowest BCUT2D eigenvalue weighted by molar-refractivity contribution is 0.292. The van der Waals surface area contributed by atoms with Crippen LogP contribution < -0.4 is 10.5 Å². The van der Waals surface area contributed by atoms with Crippen LogP contribution in [0, 0.1) is 18.8 Å². The third-order valence-corrected chi connectivity index (χ3v) is 4.12. The minimum absolute atomic E-state index is 0.00825. The second-order valence-electron chi connectivity index (χ2n) is 6.05. The maximum absolute atomic E-state index is 6.35. The van der Waals surface area contributed by atoms with Gasteiger partial charge in [0.15, 0.2) is 0 Å². The Morgan fingerprint density at radius 3 is 2.74 bits per heavy atom. The number of nitrogens with zero attached hydrogens (tertiary/aromatic N) is 1. The van der Waals surface area contributed by atoms with Crippen LogP contribution in [0.2, 0.25) is 0 Å². The van der Waals surface area contributed by atoms with Gasteiger partial charge in [0.05, 0.1) is 7.11 Å². The zero-order chi connectivity index (χ0) is 14.0. The van der Waals surface area contributed by atoms with E-state index in [-0.39, 0.29) is 6.04 Å². The van der Waals surface area contributed by atoms with Crippen LogP contribution in [-0.4, -0.2) is 32.1 Å². The van der Waals surface area contributed by atoms with E-state index in [1.54, 1.807) is 7.11 Å². The van der Waals surface area contributed by atoms with Gasteiger partial charge in [-0.2, -0.15) is 0 Å². The van der Waals surface area contributed by atoms with E-state index in [0.717, 1.165) is 36.2 Å². The number of hydrogen-bond acceptors (Lipinski definition) is 3. The van der Waals surface area contributed by atoms with E-state index in [1.165, 1.54) is 12.0 Å². The van der Waals surface area contributed by atoms with Crippen molar-refractivity contribution in [3.05, 3.63) is 29.3 Å². The number of ether oxygens (including phenoxy) is 1. The molecule has 1 aromatic rings. The van der Waals surface area contributed by atoms with E-state index < -0.39 is 0 Å². The van der Waals surface area contributed by atoms with Gasteiger partial charge in [0.25, 0.3) is 0 Å². The Morgan fingerprint density at radius 2 is 2.16 bits per heavy atom. The molecule has 0 amide bonds. The summed E-state index contributed by atoms with van der Waals surface area (Å²) in [7, 11) is 3.86. The van der Waals surface area contributed by atoms with Crippen LogP contribution in [0.25, 0.3) is 0 Å². The zero-order valence-corrected chi connectivity index (χ0v) is 12.5. The fraction of sp³-hybridized carbons (Fsp3) is 0.625. The SMILES string of the molecule is COc1ccc(C)cc1C(N)CN(C)CC1CC1C. The molecule has 3 atom stereocenters. The molecule has 1 aliphatic rings. The molecule has 0 spiro atoms. The third-order valence-electron chi connectivity index (χ3n) is 4.12. The Balaban J connectivity index is 1.98. The van der Waals surface area contributed by atoms with Crippen molar-refractivity contribution in [2.45, 2.75) is 26.3 Å². The van der Waals surface area contributed by atoms with Crippen molar-refractivity contribution in [2.75, 3.05) is 27.2 Å². The highest BCUT2D eigenvalue weighted by Gasteiger charge is 2.33. The van der Waals surface area contributed by atoms with Crippen LogP contribution in [0.15, 0.2) is 18.2 Å². The van der Waals surface area contributed by atoms with Gasteiger partial charge in [-0.05, 0) is 38.3 Å². The summed E-state index contributed by atoms with van der Waals surface area (Å²) in [5, 5.41) is 0. The van der Waals surface area contributed by atoms with Gasteiger partial charge in [0.1, 0.15) is 5.75 Å². The maximum atomic E-state index is 6.35. The van der Waals surface area contributed by atoms with Gasteiger partial charge < -0.3 is 15.4 Å². The first kappa shape index (κ1) is 14.4. The first-order valence-electron chi connectivity index (χ1n) is 7.10. The molecule has 2 N–H and O–H groups in total. The summed E-state index contributed by atoms with van der Waals surface area (Å²) in [6.45, 7) is 6.44. The highest BCUT2D eigenvalue weighted by Crippen LogP contribution is 2.38. The predicted molar refractivity (Wildman–Crippen MR) is 79.4 cm³/mol. The lowest BCUT2D eigenvalue weighted by Crippen LogP contribution is -2.31. The van der Waals surface area contributed by atoms with E-state index in [2.05, 4.69) is 37.9 Å². The van der Waals surface area contributed by atoms with E-state index in [9.17, 15) is 0 Å². The Labute approximate surface area is 116 Å². The van der Waals surface area contributed by atoms with Crippen molar-refractivity contribution < 1.29 is 4.74 Å². The van der Waals surface area contributed by atoms with Gasteiger partial charge in [-0.3, -0.25) is 0 Å². The van der Waals surface area contributed by atoms with Gasteiger partial charge in [-0.15, -0.1) is 0 Å². The molecule has 0 radical (unpaired) electrons. The summed E-state index contributed by atoms with van der Waals surface area (Å²) in [4.78, 5) is 2.35. The molecule has 3 unspecified atom stereocenters. The van der Waals surface area contributed by atoms with E-state index in [1.807, 2.05) is 6.07 Å². The summed E-state index contributed by atoms with van der Waals surface area (Å²) in [5.41, 5.74) is 8.69. The number of methoxy groups -OCH3 is 1. The summed E-state index contributed by atoms with van der Waals surface area (Å²) in [6.07, 6.45) is 1.37. The Hall–Kier alpha value is -1.06. The van der Waals surface area contributed by atoms with Gasteiger partial charge in [-0.25, -0.2) is 0 Å². The van der Waals surface area contributed by atoms with Crippen molar-refractivity contribution in [1.29, 1.82) is 0 Å². The molecule has 19 heavy (non-hydrogen) atoms. The fourth-order valence-corrected chi connectivity index (χ4v) is 2.71. The fourth-order valence-electron chi connectivity index (χ4n) is 2.71. The molecule has 3 heteroatoms. The topological polar surface area (TPSA) is 38.5 Å². The number of benzene rings is 1. The van der Waals surface area contributed by atoms with Crippen LogP contribution in [0.3, 0.4) is 0 Å². The van der Waals surface area contributed by atoms with E-state index in [4.69, 9.17) is 10.5 Å². The minimum atomic E-state index is 0.00825. The molecule has 1 saturated carbocycles. The average molecular weight is 262 g/mol. The van der Waals surface area contributed by atoms with Crippen molar-refractivity contribution >= 4 is 0 Å². The Morgan fingerprint density at radius 1 is 1.47 bits per heavy atom. The van der Waals surface area contributed by atoms with Crippen molar-refractivity contribution in [1.82, 2.24) is 4.90 Å². The summed E-state index contributed by atoms with van der Waals surface area (Å²) in [6, 6.07) is 6.21. The van der Waals surface area contributed by atoms with Crippen molar-refractivity contribution in [3.63, 3.8) is 0 Å². The largest absolute Gasteiger partial charge is 0.496 e. The van der Waals surface area contributed by atoms with Gasteiger partial charge in [0, 0.05) is 24.7 Å². The molecule has 1 fully saturated rings. The standard InChI is InChI=1S/C16H26N2O/c1-11-5-6-16(19-4)14(7-11)15(17)10-18(3)9-13-8-12(13)2/h5-7,12-13,15H,8-10,17H2,1-4H3. The molecule has 1 aromatic carbocycles. The number of nitrogens with two attached hydrogens (primary N) is 1. The number of rotatable bonds is 6. The first-order valence-corrected chi connectivity index (χ1v) is 7.10. The molecule has 0 aromatic heterocycles. The normalized spacial score (nSPS) is 23.5. The maximum Gasteiger partial charge on any atom is 0.123 e.